The zero-order valence-electron chi connectivity index (χ0n) is 9.57. The maximum atomic E-state index is 14.0. The van der Waals surface area contributed by atoms with Crippen LogP contribution in [0.15, 0.2) is 24.3 Å². The van der Waals surface area contributed by atoms with E-state index in [1.165, 1.54) is 7.11 Å². The van der Waals surface area contributed by atoms with Crippen LogP contribution in [0.3, 0.4) is 0 Å². The standard InChI is InChI=1S/C12H12FN3O/c1-7-6-9(16-12(14)15-7)8-4-3-5-10(17-2)11(8)13/h3-6H,1-2H3,(H2,14,15,16). The molecule has 1 aromatic heterocycles. The minimum atomic E-state index is -0.451. The third-order valence-electron chi connectivity index (χ3n) is 2.33. The summed E-state index contributed by atoms with van der Waals surface area (Å²) in [6, 6.07) is 6.55. The molecule has 0 saturated heterocycles. The highest BCUT2D eigenvalue weighted by atomic mass is 19.1. The van der Waals surface area contributed by atoms with Gasteiger partial charge in [-0.05, 0) is 25.1 Å². The van der Waals surface area contributed by atoms with E-state index in [1.807, 2.05) is 0 Å². The second-order valence-corrected chi connectivity index (χ2v) is 3.57. The first-order chi connectivity index (χ1) is 8.11. The normalized spacial score (nSPS) is 10.3. The summed E-state index contributed by atoms with van der Waals surface area (Å²) >= 11 is 0. The Morgan fingerprint density at radius 2 is 2.06 bits per heavy atom. The summed E-state index contributed by atoms with van der Waals surface area (Å²) in [5.41, 5.74) is 7.03. The van der Waals surface area contributed by atoms with Gasteiger partial charge in [0.2, 0.25) is 5.95 Å². The zero-order chi connectivity index (χ0) is 12.4. The van der Waals surface area contributed by atoms with Gasteiger partial charge in [-0.1, -0.05) is 6.07 Å². The third-order valence-corrected chi connectivity index (χ3v) is 2.33. The highest BCUT2D eigenvalue weighted by molar-refractivity contribution is 5.63. The van der Waals surface area contributed by atoms with Gasteiger partial charge in [-0.15, -0.1) is 0 Å². The van der Waals surface area contributed by atoms with Gasteiger partial charge in [0.15, 0.2) is 11.6 Å². The van der Waals surface area contributed by atoms with Gasteiger partial charge in [0.1, 0.15) is 0 Å². The van der Waals surface area contributed by atoms with Crippen LogP contribution in [0, 0.1) is 12.7 Å². The molecule has 2 aromatic rings. The van der Waals surface area contributed by atoms with E-state index >= 15 is 0 Å². The quantitative estimate of drug-likeness (QED) is 0.863. The van der Waals surface area contributed by atoms with E-state index in [-0.39, 0.29) is 11.7 Å². The smallest absolute Gasteiger partial charge is 0.220 e. The Balaban J connectivity index is 2.60. The van der Waals surface area contributed by atoms with Crippen molar-refractivity contribution in [2.24, 2.45) is 0 Å². The molecule has 0 spiro atoms. The number of hydrogen-bond acceptors (Lipinski definition) is 4. The van der Waals surface area contributed by atoms with E-state index in [0.717, 1.165) is 0 Å². The highest BCUT2D eigenvalue weighted by Gasteiger charge is 2.12. The highest BCUT2D eigenvalue weighted by Crippen LogP contribution is 2.28. The molecular weight excluding hydrogens is 221 g/mol. The molecule has 0 radical (unpaired) electrons. The lowest BCUT2D eigenvalue weighted by molar-refractivity contribution is 0.387. The summed E-state index contributed by atoms with van der Waals surface area (Å²) in [5, 5.41) is 0. The second kappa shape index (κ2) is 4.37. The number of rotatable bonds is 2. The van der Waals surface area contributed by atoms with E-state index in [9.17, 15) is 4.39 Å². The van der Waals surface area contributed by atoms with Gasteiger partial charge in [0.25, 0.3) is 0 Å². The molecule has 17 heavy (non-hydrogen) atoms. The Morgan fingerprint density at radius 3 is 2.71 bits per heavy atom. The number of nitrogens with zero attached hydrogens (tertiary/aromatic N) is 2. The summed E-state index contributed by atoms with van der Waals surface area (Å²) in [5.74, 6) is -0.146. The fourth-order valence-corrected chi connectivity index (χ4v) is 1.60. The Morgan fingerprint density at radius 1 is 1.29 bits per heavy atom. The maximum absolute atomic E-state index is 14.0. The molecule has 0 aliphatic rings. The first-order valence-corrected chi connectivity index (χ1v) is 5.06. The molecule has 4 nitrogen and oxygen atoms in total. The molecule has 2 rings (SSSR count). The fraction of sp³-hybridized carbons (Fsp3) is 0.167. The van der Waals surface area contributed by atoms with Crippen LogP contribution in [0.1, 0.15) is 5.69 Å². The van der Waals surface area contributed by atoms with Gasteiger partial charge in [-0.25, -0.2) is 14.4 Å². The van der Waals surface area contributed by atoms with Gasteiger partial charge < -0.3 is 10.5 Å². The van der Waals surface area contributed by atoms with E-state index in [2.05, 4.69) is 9.97 Å². The molecule has 88 valence electrons. The number of nitrogen functional groups attached to an aromatic ring is 1. The molecule has 2 N–H and O–H groups in total. The largest absolute Gasteiger partial charge is 0.494 e. The molecule has 0 amide bonds. The van der Waals surface area contributed by atoms with Crippen molar-refractivity contribution in [2.75, 3.05) is 12.8 Å². The van der Waals surface area contributed by atoms with Gasteiger partial charge in [-0.3, -0.25) is 0 Å². The van der Waals surface area contributed by atoms with E-state index < -0.39 is 5.82 Å². The summed E-state index contributed by atoms with van der Waals surface area (Å²) in [7, 11) is 1.42. The number of aromatic nitrogens is 2. The van der Waals surface area contributed by atoms with Crippen LogP contribution in [-0.2, 0) is 0 Å². The van der Waals surface area contributed by atoms with Crippen LogP contribution in [0.2, 0.25) is 0 Å². The first kappa shape index (κ1) is 11.3. The molecule has 0 aliphatic heterocycles. The van der Waals surface area contributed by atoms with Crippen molar-refractivity contribution in [3.05, 3.63) is 35.8 Å². The number of methoxy groups -OCH3 is 1. The van der Waals surface area contributed by atoms with Crippen molar-refractivity contribution in [3.63, 3.8) is 0 Å². The molecular formula is C12H12FN3O. The minimum Gasteiger partial charge on any atom is -0.494 e. The summed E-state index contributed by atoms with van der Waals surface area (Å²) < 4.78 is 18.9. The van der Waals surface area contributed by atoms with Crippen molar-refractivity contribution in [1.82, 2.24) is 9.97 Å². The number of ether oxygens (including phenoxy) is 1. The van der Waals surface area contributed by atoms with Gasteiger partial charge >= 0.3 is 0 Å². The van der Waals surface area contributed by atoms with Gasteiger partial charge in [0.05, 0.1) is 12.8 Å². The summed E-state index contributed by atoms with van der Waals surface area (Å²) in [6.07, 6.45) is 0. The summed E-state index contributed by atoms with van der Waals surface area (Å²) in [4.78, 5) is 7.96. The van der Waals surface area contributed by atoms with Crippen molar-refractivity contribution in [2.45, 2.75) is 6.92 Å². The van der Waals surface area contributed by atoms with Crippen molar-refractivity contribution in [3.8, 4) is 17.0 Å². The predicted molar refractivity (Wildman–Crippen MR) is 63.1 cm³/mol. The van der Waals surface area contributed by atoms with Crippen LogP contribution >= 0.6 is 0 Å². The van der Waals surface area contributed by atoms with Crippen molar-refractivity contribution in [1.29, 1.82) is 0 Å². The van der Waals surface area contributed by atoms with Crippen LogP contribution in [-0.4, -0.2) is 17.1 Å². The lowest BCUT2D eigenvalue weighted by Crippen LogP contribution is -2.00. The number of nitrogens with two attached hydrogens (primary N) is 1. The molecule has 1 heterocycles. The number of aryl methyl sites for hydroxylation is 1. The Bertz CT molecular complexity index is 537. The average Bonchev–Trinajstić information content (AvgIpc) is 2.28. The van der Waals surface area contributed by atoms with E-state index in [1.54, 1.807) is 31.2 Å². The molecule has 5 heteroatoms. The molecule has 0 fully saturated rings. The molecule has 0 atom stereocenters. The number of hydrogen-bond donors (Lipinski definition) is 1. The van der Waals surface area contributed by atoms with Crippen LogP contribution in [0.4, 0.5) is 10.3 Å². The third kappa shape index (κ3) is 2.18. The van der Waals surface area contributed by atoms with E-state index in [4.69, 9.17) is 10.5 Å². The Labute approximate surface area is 98.3 Å². The van der Waals surface area contributed by atoms with E-state index in [0.29, 0.717) is 17.0 Å². The molecule has 1 aromatic carbocycles. The molecule has 0 unspecified atom stereocenters. The SMILES string of the molecule is COc1cccc(-c2cc(C)nc(N)n2)c1F. The predicted octanol–water partition coefficient (Wildman–Crippen LogP) is 2.18. The second-order valence-electron chi connectivity index (χ2n) is 3.57. The maximum Gasteiger partial charge on any atom is 0.220 e. The number of benzene rings is 1. The number of anilines is 1. The molecule has 0 saturated carbocycles. The topological polar surface area (TPSA) is 61.0 Å². The zero-order valence-corrected chi connectivity index (χ0v) is 9.57. The Hall–Kier alpha value is -2.17. The lowest BCUT2D eigenvalue weighted by Gasteiger charge is -2.07. The van der Waals surface area contributed by atoms with Crippen molar-refractivity contribution < 1.29 is 9.13 Å². The summed E-state index contributed by atoms with van der Waals surface area (Å²) in [6.45, 7) is 1.78. The fourth-order valence-electron chi connectivity index (χ4n) is 1.60. The number of halogens is 1. The Kier molecular flexibility index (Phi) is 2.91. The molecule has 0 bridgehead atoms. The van der Waals surface area contributed by atoms with Crippen molar-refractivity contribution >= 4 is 5.95 Å². The monoisotopic (exact) mass is 233 g/mol. The lowest BCUT2D eigenvalue weighted by atomic mass is 10.1. The average molecular weight is 233 g/mol. The van der Waals surface area contributed by atoms with Crippen LogP contribution in [0.25, 0.3) is 11.3 Å². The molecule has 0 aliphatic carbocycles. The van der Waals surface area contributed by atoms with Crippen LogP contribution < -0.4 is 10.5 Å². The van der Waals surface area contributed by atoms with Crippen LogP contribution in [0.5, 0.6) is 5.75 Å². The minimum absolute atomic E-state index is 0.127. The first-order valence-electron chi connectivity index (χ1n) is 5.06. The van der Waals surface area contributed by atoms with Gasteiger partial charge in [-0.2, -0.15) is 0 Å². The van der Waals surface area contributed by atoms with Gasteiger partial charge in [0, 0.05) is 11.3 Å².